The molecule has 0 atom stereocenters. The molecule has 1 aromatic carbocycles. The molecule has 0 amide bonds. The minimum absolute atomic E-state index is 0.0697. The summed E-state index contributed by atoms with van der Waals surface area (Å²) in [4.78, 5) is 34.0. The van der Waals surface area contributed by atoms with Gasteiger partial charge < -0.3 is 16.0 Å². The summed E-state index contributed by atoms with van der Waals surface area (Å²) >= 11 is 1.44. The van der Waals surface area contributed by atoms with E-state index in [1.807, 2.05) is 35.7 Å². The van der Waals surface area contributed by atoms with Crippen molar-refractivity contribution in [3.8, 4) is 11.1 Å². The van der Waals surface area contributed by atoms with Gasteiger partial charge in [-0.3, -0.25) is 9.20 Å². The highest BCUT2D eigenvalue weighted by Gasteiger charge is 2.16. The van der Waals surface area contributed by atoms with Crippen LogP contribution in [0.4, 0.5) is 11.8 Å². The largest absolute Gasteiger partial charge is 0.368 e. The molecule has 29 heavy (non-hydrogen) atoms. The van der Waals surface area contributed by atoms with Crippen molar-refractivity contribution >= 4 is 39.2 Å². The third kappa shape index (κ3) is 3.09. The lowest BCUT2D eigenvalue weighted by molar-refractivity contribution is 0.937. The minimum Gasteiger partial charge on any atom is -0.368 e. The molecule has 0 radical (unpaired) electrons. The van der Waals surface area contributed by atoms with Crippen LogP contribution in [-0.2, 0) is 6.42 Å². The second-order valence-electron chi connectivity index (χ2n) is 6.37. The summed E-state index contributed by atoms with van der Waals surface area (Å²) < 4.78 is 1.59. The average molecular weight is 404 g/mol. The number of hydrogen-bond donors (Lipinski definition) is 3. The molecule has 0 spiro atoms. The van der Waals surface area contributed by atoms with E-state index >= 15 is 0 Å². The van der Waals surface area contributed by atoms with E-state index < -0.39 is 0 Å². The minimum atomic E-state index is -0.0697. The van der Waals surface area contributed by atoms with Gasteiger partial charge in [-0.05, 0) is 5.56 Å². The molecule has 0 unspecified atom stereocenters. The van der Waals surface area contributed by atoms with Crippen LogP contribution in [0.1, 0.15) is 5.69 Å². The normalized spacial score (nSPS) is 11.3. The van der Waals surface area contributed by atoms with Crippen LogP contribution in [0.15, 0.2) is 53.0 Å². The van der Waals surface area contributed by atoms with Gasteiger partial charge in [0.05, 0.1) is 17.6 Å². The van der Waals surface area contributed by atoms with E-state index in [1.54, 1.807) is 16.9 Å². The first-order valence-corrected chi connectivity index (χ1v) is 9.83. The summed E-state index contributed by atoms with van der Waals surface area (Å²) in [5.41, 5.74) is 9.08. The van der Waals surface area contributed by atoms with Crippen molar-refractivity contribution in [2.75, 3.05) is 17.6 Å². The van der Waals surface area contributed by atoms with Crippen LogP contribution in [0.5, 0.6) is 0 Å². The number of aromatic amines is 1. The van der Waals surface area contributed by atoms with Gasteiger partial charge >= 0.3 is 0 Å². The lowest BCUT2D eigenvalue weighted by atomic mass is 10.0. The molecule has 9 nitrogen and oxygen atoms in total. The summed E-state index contributed by atoms with van der Waals surface area (Å²) in [7, 11) is 0. The molecular formula is C19H16N8OS. The van der Waals surface area contributed by atoms with Crippen molar-refractivity contribution < 1.29 is 0 Å². The number of nitrogens with two attached hydrogens (primary N) is 1. The summed E-state index contributed by atoms with van der Waals surface area (Å²) in [6.45, 7) is 0.512. The Labute approximate surface area is 168 Å². The average Bonchev–Trinajstić information content (AvgIpc) is 3.38. The number of fused-ring (bicyclic) bond motifs is 2. The van der Waals surface area contributed by atoms with Crippen LogP contribution in [0.3, 0.4) is 0 Å². The second-order valence-corrected chi connectivity index (χ2v) is 7.24. The molecule has 0 saturated carbocycles. The number of aromatic nitrogens is 6. The van der Waals surface area contributed by atoms with Gasteiger partial charge in [0.25, 0.3) is 5.56 Å². The Morgan fingerprint density at radius 3 is 2.90 bits per heavy atom. The van der Waals surface area contributed by atoms with Gasteiger partial charge in [0.2, 0.25) is 5.95 Å². The van der Waals surface area contributed by atoms with E-state index in [-0.39, 0.29) is 11.5 Å². The summed E-state index contributed by atoms with van der Waals surface area (Å²) in [6.07, 6.45) is 3.83. The number of anilines is 2. The maximum absolute atomic E-state index is 13.1. The Hall–Kier alpha value is -3.79. The smallest absolute Gasteiger partial charge is 0.266 e. The fourth-order valence-corrected chi connectivity index (χ4v) is 4.00. The number of H-pyrrole nitrogens is 1. The number of nitrogens with zero attached hydrogens (tertiary/aromatic N) is 5. The summed E-state index contributed by atoms with van der Waals surface area (Å²) in [5.74, 6) is 0.716. The molecule has 0 aliphatic rings. The molecule has 0 bridgehead atoms. The molecule has 4 N–H and O–H groups in total. The zero-order chi connectivity index (χ0) is 19.8. The molecule has 0 aliphatic heterocycles. The van der Waals surface area contributed by atoms with Crippen LogP contribution in [0.2, 0.25) is 0 Å². The van der Waals surface area contributed by atoms with Crippen LogP contribution in [-0.4, -0.2) is 35.9 Å². The molecule has 5 rings (SSSR count). The first-order valence-electron chi connectivity index (χ1n) is 8.95. The number of nitrogens with one attached hydrogen (secondary N) is 2. The van der Waals surface area contributed by atoms with E-state index in [4.69, 9.17) is 10.7 Å². The SMILES string of the molecule is Nc1nc(NCCc2nc3sccn3c(=O)c2-c2ccccc2)c2[nH]cnc2n1. The molecular weight excluding hydrogens is 388 g/mol. The van der Waals surface area contributed by atoms with Gasteiger partial charge in [0.1, 0.15) is 5.52 Å². The predicted octanol–water partition coefficient (Wildman–Crippen LogP) is 2.33. The molecule has 144 valence electrons. The van der Waals surface area contributed by atoms with Gasteiger partial charge in [-0.1, -0.05) is 30.3 Å². The quantitative estimate of drug-likeness (QED) is 0.410. The first kappa shape index (κ1) is 17.3. The lowest BCUT2D eigenvalue weighted by Gasteiger charge is -2.11. The molecule has 0 aliphatic carbocycles. The Bertz CT molecular complexity index is 1370. The van der Waals surface area contributed by atoms with Crippen molar-refractivity contribution in [2.24, 2.45) is 0 Å². The van der Waals surface area contributed by atoms with E-state index in [9.17, 15) is 4.79 Å². The van der Waals surface area contributed by atoms with Gasteiger partial charge in [-0.2, -0.15) is 9.97 Å². The molecule has 0 fully saturated rings. The third-order valence-corrected chi connectivity index (χ3v) is 5.32. The van der Waals surface area contributed by atoms with Crippen LogP contribution >= 0.6 is 11.3 Å². The van der Waals surface area contributed by atoms with E-state index in [2.05, 4.69) is 25.3 Å². The Morgan fingerprint density at radius 2 is 2.03 bits per heavy atom. The maximum Gasteiger partial charge on any atom is 0.266 e. The molecule has 10 heteroatoms. The zero-order valence-electron chi connectivity index (χ0n) is 15.2. The number of rotatable bonds is 5. The number of hydrogen-bond acceptors (Lipinski definition) is 8. The molecule has 4 aromatic heterocycles. The summed E-state index contributed by atoms with van der Waals surface area (Å²) in [6, 6.07) is 9.60. The van der Waals surface area contributed by atoms with Gasteiger partial charge in [0, 0.05) is 24.5 Å². The standard InChI is InChI=1S/C19H16N8OS/c20-18-25-15(14-16(26-18)23-10-22-14)21-7-6-12-13(11-4-2-1-3-5-11)17(28)27-8-9-29-19(27)24-12/h1-5,8-10H,6-7H2,(H4,20,21,22,23,25,26). The van der Waals surface area contributed by atoms with Crippen LogP contribution < -0.4 is 16.6 Å². The maximum atomic E-state index is 13.1. The number of nitrogen functional groups attached to an aromatic ring is 1. The lowest BCUT2D eigenvalue weighted by Crippen LogP contribution is -2.20. The highest BCUT2D eigenvalue weighted by molar-refractivity contribution is 7.15. The fourth-order valence-electron chi connectivity index (χ4n) is 3.28. The predicted molar refractivity (Wildman–Crippen MR) is 113 cm³/mol. The van der Waals surface area contributed by atoms with Crippen molar-refractivity contribution in [1.29, 1.82) is 0 Å². The molecule has 5 aromatic rings. The van der Waals surface area contributed by atoms with Crippen LogP contribution in [0, 0.1) is 0 Å². The van der Waals surface area contributed by atoms with Crippen LogP contribution in [0.25, 0.3) is 27.3 Å². The monoisotopic (exact) mass is 404 g/mol. The number of imidazole rings is 1. The van der Waals surface area contributed by atoms with Gasteiger partial charge in [0.15, 0.2) is 16.4 Å². The molecule has 0 saturated heterocycles. The van der Waals surface area contributed by atoms with E-state index in [0.717, 1.165) is 11.3 Å². The highest BCUT2D eigenvalue weighted by atomic mass is 32.1. The van der Waals surface area contributed by atoms with Crippen molar-refractivity contribution in [1.82, 2.24) is 29.3 Å². The Kier molecular flexibility index (Phi) is 4.17. The van der Waals surface area contributed by atoms with Crippen molar-refractivity contribution in [2.45, 2.75) is 6.42 Å². The Balaban J connectivity index is 1.50. The van der Waals surface area contributed by atoms with E-state index in [0.29, 0.717) is 40.5 Å². The van der Waals surface area contributed by atoms with Gasteiger partial charge in [-0.25, -0.2) is 9.97 Å². The first-order chi connectivity index (χ1) is 14.2. The topological polar surface area (TPSA) is 127 Å². The van der Waals surface area contributed by atoms with Crippen molar-refractivity contribution in [3.05, 3.63) is 64.3 Å². The van der Waals surface area contributed by atoms with Crippen molar-refractivity contribution in [3.63, 3.8) is 0 Å². The highest BCUT2D eigenvalue weighted by Crippen LogP contribution is 2.22. The fraction of sp³-hybridized carbons (Fsp3) is 0.105. The summed E-state index contributed by atoms with van der Waals surface area (Å²) in [5, 5.41) is 5.12. The zero-order valence-corrected chi connectivity index (χ0v) is 16.0. The third-order valence-electron chi connectivity index (χ3n) is 4.56. The second kappa shape index (κ2) is 6.99. The number of benzene rings is 1. The van der Waals surface area contributed by atoms with Gasteiger partial charge in [-0.15, -0.1) is 11.3 Å². The molecule has 4 heterocycles. The number of thiazole rings is 1. The Morgan fingerprint density at radius 1 is 1.17 bits per heavy atom. The van der Waals surface area contributed by atoms with E-state index in [1.165, 1.54) is 11.3 Å².